The van der Waals surface area contributed by atoms with Crippen LogP contribution >= 0.6 is 15.9 Å². The number of halogens is 1. The topological polar surface area (TPSA) is 35.5 Å². The Balaban J connectivity index is 2.48. The third-order valence-corrected chi connectivity index (χ3v) is 11.1. The number of methoxy groups -OCH3 is 1. The average molecular weight is 453 g/mol. The van der Waals surface area contributed by atoms with E-state index in [4.69, 9.17) is 9.16 Å². The normalized spacial score (nSPS) is 19.9. The number of ether oxygens (including phenoxy) is 1. The van der Waals surface area contributed by atoms with Crippen molar-refractivity contribution in [3.63, 3.8) is 0 Å². The lowest BCUT2D eigenvalue weighted by atomic mass is 9.68. The summed E-state index contributed by atoms with van der Waals surface area (Å²) in [6.45, 7) is 15.5. The predicted octanol–water partition coefficient (Wildman–Crippen LogP) is 6.56. The van der Waals surface area contributed by atoms with E-state index in [2.05, 4.69) is 63.6 Å². The molecule has 1 aromatic carbocycles. The third-order valence-electron chi connectivity index (χ3n) is 6.14. The van der Waals surface area contributed by atoms with Crippen LogP contribution in [0.1, 0.15) is 46.6 Å². The molecule has 0 saturated heterocycles. The van der Waals surface area contributed by atoms with Crippen molar-refractivity contribution in [3.05, 3.63) is 34.3 Å². The van der Waals surface area contributed by atoms with Crippen LogP contribution in [0.15, 0.2) is 28.8 Å². The van der Waals surface area contributed by atoms with Gasteiger partial charge in [0.25, 0.3) is 0 Å². The number of hydrogen-bond acceptors (Lipinski definition) is 3. The number of allylic oxidation sites excluding steroid dienone is 2. The van der Waals surface area contributed by atoms with Crippen LogP contribution in [0.25, 0.3) is 0 Å². The van der Waals surface area contributed by atoms with Gasteiger partial charge in [-0.15, -0.1) is 0 Å². The van der Waals surface area contributed by atoms with Crippen molar-refractivity contribution < 1.29 is 14.0 Å². The second-order valence-corrected chi connectivity index (χ2v) is 15.3. The summed E-state index contributed by atoms with van der Waals surface area (Å²) in [5, 5.41) is 0.0966. The Labute approximate surface area is 173 Å². The first-order valence-corrected chi connectivity index (χ1v) is 13.2. The highest BCUT2D eigenvalue weighted by Gasteiger charge is 2.40. The van der Waals surface area contributed by atoms with Crippen molar-refractivity contribution in [2.24, 2.45) is 11.3 Å². The average Bonchev–Trinajstić information content (AvgIpc) is 2.51. The summed E-state index contributed by atoms with van der Waals surface area (Å²) in [7, 11) is -0.343. The Morgan fingerprint density at radius 1 is 1.22 bits per heavy atom. The van der Waals surface area contributed by atoms with Crippen LogP contribution in [-0.4, -0.2) is 21.2 Å². The van der Waals surface area contributed by atoms with Gasteiger partial charge in [-0.3, -0.25) is 4.79 Å². The summed E-state index contributed by atoms with van der Waals surface area (Å²) in [6.07, 6.45) is 5.30. The van der Waals surface area contributed by atoms with E-state index in [0.29, 0.717) is 6.42 Å². The maximum Gasteiger partial charge on any atom is 0.250 e. The second-order valence-electron chi connectivity index (χ2n) is 9.71. The number of benzene rings is 1. The summed E-state index contributed by atoms with van der Waals surface area (Å²) < 4.78 is 13.0. The smallest absolute Gasteiger partial charge is 0.250 e. The van der Waals surface area contributed by atoms with Crippen molar-refractivity contribution in [1.82, 2.24) is 0 Å². The Morgan fingerprint density at radius 2 is 1.85 bits per heavy atom. The summed E-state index contributed by atoms with van der Waals surface area (Å²) in [5.41, 5.74) is 0.974. The lowest BCUT2D eigenvalue weighted by molar-refractivity contribution is -0.122. The van der Waals surface area contributed by atoms with Crippen molar-refractivity contribution in [1.29, 1.82) is 0 Å². The van der Waals surface area contributed by atoms with E-state index in [-0.39, 0.29) is 22.2 Å². The van der Waals surface area contributed by atoms with E-state index in [0.717, 1.165) is 28.0 Å². The minimum absolute atomic E-state index is 0.0600. The highest BCUT2D eigenvalue weighted by atomic mass is 79.9. The van der Waals surface area contributed by atoms with Crippen LogP contribution in [0.5, 0.6) is 11.5 Å². The van der Waals surface area contributed by atoms with Crippen LogP contribution < -0.4 is 9.16 Å². The molecule has 0 heterocycles. The van der Waals surface area contributed by atoms with Gasteiger partial charge in [-0.1, -0.05) is 40.7 Å². The van der Waals surface area contributed by atoms with E-state index in [1.165, 1.54) is 0 Å². The van der Waals surface area contributed by atoms with Gasteiger partial charge < -0.3 is 9.16 Å². The molecular formula is C22H33BrO3Si. The standard InChI is InChI=1S/C22H33BrO3Si/c1-21(2,3)27(7,8)26-19-14-17(23)20(25-6)13-15(19)12-16-18(24)10-9-11-22(16,4)5/h9-10,13-14,16H,11-12H2,1-8H3. The molecule has 0 N–H and O–H groups in total. The first-order valence-electron chi connectivity index (χ1n) is 9.54. The van der Waals surface area contributed by atoms with Gasteiger partial charge in [-0.25, -0.2) is 0 Å². The Morgan fingerprint density at radius 3 is 2.37 bits per heavy atom. The molecule has 1 aromatic rings. The fourth-order valence-corrected chi connectivity index (χ4v) is 4.67. The Hall–Kier alpha value is -1.07. The van der Waals surface area contributed by atoms with Gasteiger partial charge in [-0.05, 0) is 76.1 Å². The molecule has 0 aliphatic heterocycles. The Bertz CT molecular complexity index is 745. The number of rotatable bonds is 5. The van der Waals surface area contributed by atoms with Crippen molar-refractivity contribution in [2.45, 2.75) is 65.6 Å². The van der Waals surface area contributed by atoms with Crippen molar-refractivity contribution in [3.8, 4) is 11.5 Å². The van der Waals surface area contributed by atoms with Crippen LogP contribution in [0.3, 0.4) is 0 Å². The first-order chi connectivity index (χ1) is 12.3. The molecule has 2 rings (SSSR count). The molecule has 0 fully saturated rings. The van der Waals surface area contributed by atoms with Gasteiger partial charge in [0.05, 0.1) is 11.6 Å². The molecule has 0 amide bonds. The minimum Gasteiger partial charge on any atom is -0.543 e. The molecule has 3 nitrogen and oxygen atoms in total. The lowest BCUT2D eigenvalue weighted by Crippen LogP contribution is -2.44. The molecule has 1 atom stereocenters. The molecule has 0 aromatic heterocycles. The fourth-order valence-electron chi connectivity index (χ4n) is 3.14. The van der Waals surface area contributed by atoms with Gasteiger partial charge in [0, 0.05) is 5.92 Å². The van der Waals surface area contributed by atoms with E-state index in [1.807, 2.05) is 18.2 Å². The van der Waals surface area contributed by atoms with Crippen molar-refractivity contribution >= 4 is 30.0 Å². The van der Waals surface area contributed by atoms with Gasteiger partial charge in [0.2, 0.25) is 8.32 Å². The fraction of sp³-hybridized carbons (Fsp3) is 0.591. The number of hydrogen-bond donors (Lipinski definition) is 0. The number of ketones is 1. The van der Waals surface area contributed by atoms with Crippen LogP contribution in [0.4, 0.5) is 0 Å². The molecule has 0 spiro atoms. The van der Waals surface area contributed by atoms with Crippen LogP contribution in [0, 0.1) is 11.3 Å². The SMILES string of the molecule is COc1cc(CC2C(=O)C=CCC2(C)C)c(O[Si](C)(C)C(C)(C)C)cc1Br. The molecule has 0 radical (unpaired) electrons. The van der Waals surface area contributed by atoms with E-state index in [9.17, 15) is 4.79 Å². The summed E-state index contributed by atoms with van der Waals surface area (Å²) in [4.78, 5) is 12.6. The second kappa shape index (κ2) is 7.74. The molecule has 150 valence electrons. The zero-order chi connectivity index (χ0) is 20.6. The lowest BCUT2D eigenvalue weighted by Gasteiger charge is -2.38. The molecule has 5 heteroatoms. The predicted molar refractivity (Wildman–Crippen MR) is 118 cm³/mol. The zero-order valence-electron chi connectivity index (χ0n) is 17.9. The van der Waals surface area contributed by atoms with E-state index >= 15 is 0 Å². The third kappa shape index (κ3) is 4.86. The van der Waals surface area contributed by atoms with Gasteiger partial charge in [-0.2, -0.15) is 0 Å². The summed E-state index contributed by atoms with van der Waals surface area (Å²) in [5.74, 6) is 1.78. The molecular weight excluding hydrogens is 420 g/mol. The summed E-state index contributed by atoms with van der Waals surface area (Å²) in [6, 6.07) is 4.03. The molecule has 0 saturated carbocycles. The molecule has 1 aliphatic carbocycles. The van der Waals surface area contributed by atoms with Gasteiger partial charge in [0.1, 0.15) is 11.5 Å². The molecule has 0 bridgehead atoms. The van der Waals surface area contributed by atoms with Crippen LogP contribution in [-0.2, 0) is 11.2 Å². The van der Waals surface area contributed by atoms with Crippen molar-refractivity contribution in [2.75, 3.05) is 7.11 Å². The maximum absolute atomic E-state index is 12.6. The highest BCUT2D eigenvalue weighted by Crippen LogP contribution is 2.44. The van der Waals surface area contributed by atoms with Gasteiger partial charge in [0.15, 0.2) is 5.78 Å². The molecule has 1 unspecified atom stereocenters. The van der Waals surface area contributed by atoms with Gasteiger partial charge >= 0.3 is 0 Å². The van der Waals surface area contributed by atoms with Crippen LogP contribution in [0.2, 0.25) is 18.1 Å². The quantitative estimate of drug-likeness (QED) is 0.474. The molecule has 1 aliphatic rings. The monoisotopic (exact) mass is 452 g/mol. The summed E-state index contributed by atoms with van der Waals surface area (Å²) >= 11 is 3.59. The zero-order valence-corrected chi connectivity index (χ0v) is 20.5. The molecule has 27 heavy (non-hydrogen) atoms. The van der Waals surface area contributed by atoms with E-state index in [1.54, 1.807) is 13.2 Å². The highest BCUT2D eigenvalue weighted by molar-refractivity contribution is 9.10. The largest absolute Gasteiger partial charge is 0.543 e. The van der Waals surface area contributed by atoms with E-state index < -0.39 is 8.32 Å². The first kappa shape index (κ1) is 22.2. The minimum atomic E-state index is -2.01. The number of carbonyl (C=O) groups is 1. The maximum atomic E-state index is 12.6. The Kier molecular flexibility index (Phi) is 6.37. The number of carbonyl (C=O) groups excluding carboxylic acids is 1.